The Morgan fingerprint density at radius 3 is 2.46 bits per heavy atom. The second-order valence-corrected chi connectivity index (χ2v) is 5.38. The van der Waals surface area contributed by atoms with Crippen LogP contribution in [0.2, 0.25) is 0 Å². The molecule has 1 aromatic rings. The second kappa shape index (κ2) is 5.78. The number of hydrogen-bond donors (Lipinski definition) is 1. The Labute approximate surface area is 133 Å². The van der Waals surface area contributed by atoms with E-state index in [0.29, 0.717) is 5.56 Å². The van der Waals surface area contributed by atoms with Crippen molar-refractivity contribution in [2.75, 3.05) is 0 Å². The van der Waals surface area contributed by atoms with E-state index < -0.39 is 30.5 Å². The molecule has 24 heavy (non-hydrogen) atoms. The minimum Gasteiger partial charge on any atom is -0.362 e. The number of aliphatic hydroxyl groups is 1. The SMILES string of the molecule is CC1=NN(C(=O)c2cccc(C)c2)[C@@](O)(C(F)(F)OC(F)(F)F)C1. The highest BCUT2D eigenvalue weighted by Gasteiger charge is 2.66. The molecule has 1 aromatic carbocycles. The fourth-order valence-electron chi connectivity index (χ4n) is 2.29. The number of alkyl halides is 5. The first-order chi connectivity index (χ1) is 10.9. The van der Waals surface area contributed by atoms with Crippen LogP contribution < -0.4 is 0 Å². The zero-order valence-corrected chi connectivity index (χ0v) is 12.6. The molecule has 10 heteroatoms. The number of nitrogens with zero attached hydrogens (tertiary/aromatic N) is 2. The lowest BCUT2D eigenvalue weighted by Crippen LogP contribution is -2.61. The molecular formula is C14H13F5N2O3. The lowest BCUT2D eigenvalue weighted by molar-refractivity contribution is -0.468. The highest BCUT2D eigenvalue weighted by atomic mass is 19.4. The summed E-state index contributed by atoms with van der Waals surface area (Å²) in [6, 6.07) is 5.68. The van der Waals surface area contributed by atoms with Gasteiger partial charge in [-0.2, -0.15) is 18.9 Å². The van der Waals surface area contributed by atoms with Crippen molar-refractivity contribution in [2.24, 2.45) is 5.10 Å². The Kier molecular flexibility index (Phi) is 4.40. The van der Waals surface area contributed by atoms with E-state index in [4.69, 9.17) is 0 Å². The third kappa shape index (κ3) is 3.39. The maximum absolute atomic E-state index is 13.9. The van der Waals surface area contributed by atoms with Crippen LogP contribution in [0, 0.1) is 6.92 Å². The molecule has 1 N–H and O–H groups in total. The topological polar surface area (TPSA) is 62.1 Å². The number of benzene rings is 1. The molecule has 0 aliphatic carbocycles. The number of amides is 1. The molecule has 5 nitrogen and oxygen atoms in total. The fourth-order valence-corrected chi connectivity index (χ4v) is 2.29. The van der Waals surface area contributed by atoms with Crippen molar-refractivity contribution in [2.45, 2.75) is 38.5 Å². The van der Waals surface area contributed by atoms with Crippen molar-refractivity contribution in [1.29, 1.82) is 0 Å². The molecule has 0 spiro atoms. The molecule has 1 heterocycles. The molecule has 0 bridgehead atoms. The summed E-state index contributed by atoms with van der Waals surface area (Å²) in [5, 5.41) is 13.5. The van der Waals surface area contributed by atoms with Crippen LogP contribution in [-0.4, -0.2) is 39.9 Å². The van der Waals surface area contributed by atoms with Gasteiger partial charge in [0.2, 0.25) is 0 Å². The summed E-state index contributed by atoms with van der Waals surface area (Å²) in [5.74, 6) is -1.18. The van der Waals surface area contributed by atoms with Gasteiger partial charge in [0.25, 0.3) is 11.6 Å². The van der Waals surface area contributed by atoms with Gasteiger partial charge in [-0.3, -0.25) is 4.79 Å². The number of carbonyl (C=O) groups is 1. The first-order valence-corrected chi connectivity index (χ1v) is 6.68. The van der Waals surface area contributed by atoms with Gasteiger partial charge in [-0.25, -0.2) is 4.74 Å². The van der Waals surface area contributed by atoms with Gasteiger partial charge in [-0.15, -0.1) is 13.2 Å². The number of hydrazone groups is 1. The minimum atomic E-state index is -5.71. The Bertz CT molecular complexity index is 689. The summed E-state index contributed by atoms with van der Waals surface area (Å²) in [6.07, 6.45) is -11.8. The van der Waals surface area contributed by atoms with Crippen molar-refractivity contribution >= 4 is 11.6 Å². The molecule has 1 aliphatic rings. The number of rotatable bonds is 3. The third-order valence-electron chi connectivity index (χ3n) is 3.29. The lowest BCUT2D eigenvalue weighted by Gasteiger charge is -2.36. The summed E-state index contributed by atoms with van der Waals surface area (Å²) >= 11 is 0. The van der Waals surface area contributed by atoms with E-state index in [0.717, 1.165) is 0 Å². The van der Waals surface area contributed by atoms with Crippen LogP contribution in [0.5, 0.6) is 0 Å². The lowest BCUT2D eigenvalue weighted by atomic mass is 10.0. The standard InChI is InChI=1S/C14H13F5N2O3/c1-8-4-3-5-10(6-8)11(22)21-12(23,7-9(2)20-21)13(15,16)24-14(17,18)19/h3-6,23H,7H2,1-2H3/t12-/m0/s1. The predicted octanol–water partition coefficient (Wildman–Crippen LogP) is 3.03. The van der Waals surface area contributed by atoms with Crippen molar-refractivity contribution in [3.63, 3.8) is 0 Å². The minimum absolute atomic E-state index is 0.0666. The Hall–Kier alpha value is -2.07. The first-order valence-electron chi connectivity index (χ1n) is 6.68. The van der Waals surface area contributed by atoms with Crippen LogP contribution in [0.4, 0.5) is 22.0 Å². The molecule has 0 radical (unpaired) electrons. The number of aryl methyl sites for hydroxylation is 1. The Morgan fingerprint density at radius 2 is 1.92 bits per heavy atom. The van der Waals surface area contributed by atoms with Gasteiger partial charge in [-0.05, 0) is 26.0 Å². The normalized spacial score (nSPS) is 21.8. The van der Waals surface area contributed by atoms with Crippen LogP contribution in [0.3, 0.4) is 0 Å². The smallest absolute Gasteiger partial charge is 0.362 e. The Balaban J connectivity index is 2.41. The zero-order chi connectivity index (χ0) is 18.3. The van der Waals surface area contributed by atoms with Crippen LogP contribution in [-0.2, 0) is 4.74 Å². The van der Waals surface area contributed by atoms with Crippen LogP contribution in [0.25, 0.3) is 0 Å². The highest BCUT2D eigenvalue weighted by molar-refractivity contribution is 5.98. The Morgan fingerprint density at radius 1 is 1.29 bits per heavy atom. The molecule has 0 fully saturated rings. The largest absolute Gasteiger partial charge is 0.527 e. The molecule has 0 aromatic heterocycles. The molecule has 132 valence electrons. The fraction of sp³-hybridized carbons (Fsp3) is 0.429. The monoisotopic (exact) mass is 352 g/mol. The van der Waals surface area contributed by atoms with Gasteiger partial charge in [-0.1, -0.05) is 17.7 Å². The van der Waals surface area contributed by atoms with Crippen molar-refractivity contribution in [3.05, 3.63) is 35.4 Å². The summed E-state index contributed by atoms with van der Waals surface area (Å²) in [4.78, 5) is 12.4. The summed E-state index contributed by atoms with van der Waals surface area (Å²) in [7, 11) is 0. The second-order valence-electron chi connectivity index (χ2n) is 5.38. The molecule has 2 rings (SSSR count). The summed E-state index contributed by atoms with van der Waals surface area (Å²) in [6.45, 7) is 2.82. The maximum Gasteiger partial charge on any atom is 0.527 e. The molecular weight excluding hydrogens is 339 g/mol. The summed E-state index contributed by atoms with van der Waals surface area (Å²) < 4.78 is 67.3. The van der Waals surface area contributed by atoms with Gasteiger partial charge in [0.1, 0.15) is 0 Å². The van der Waals surface area contributed by atoms with E-state index in [1.807, 2.05) is 0 Å². The molecule has 0 unspecified atom stereocenters. The van der Waals surface area contributed by atoms with Crippen molar-refractivity contribution in [1.82, 2.24) is 5.01 Å². The molecule has 1 aliphatic heterocycles. The molecule has 0 saturated heterocycles. The van der Waals surface area contributed by atoms with E-state index in [1.165, 1.54) is 25.1 Å². The number of halogens is 5. The quantitative estimate of drug-likeness (QED) is 0.851. The van der Waals surface area contributed by atoms with Crippen LogP contribution in [0.15, 0.2) is 29.4 Å². The van der Waals surface area contributed by atoms with Gasteiger partial charge in [0.05, 0.1) is 0 Å². The highest BCUT2D eigenvalue weighted by Crippen LogP contribution is 2.43. The van der Waals surface area contributed by atoms with Gasteiger partial charge in [0.15, 0.2) is 0 Å². The van der Waals surface area contributed by atoms with E-state index >= 15 is 0 Å². The maximum atomic E-state index is 13.9. The molecule has 1 atom stereocenters. The van der Waals surface area contributed by atoms with Crippen LogP contribution in [0.1, 0.15) is 29.3 Å². The number of ether oxygens (including phenoxy) is 1. The first kappa shape index (κ1) is 18.3. The zero-order valence-electron chi connectivity index (χ0n) is 12.6. The van der Waals surface area contributed by atoms with E-state index in [9.17, 15) is 31.9 Å². The average molecular weight is 352 g/mol. The van der Waals surface area contributed by atoms with Crippen LogP contribution >= 0.6 is 0 Å². The number of hydrogen-bond acceptors (Lipinski definition) is 4. The van der Waals surface area contributed by atoms with Crippen molar-refractivity contribution < 1.29 is 36.6 Å². The number of carbonyl (C=O) groups excluding carboxylic acids is 1. The predicted molar refractivity (Wildman–Crippen MR) is 72.1 cm³/mol. The molecule has 0 saturated carbocycles. The summed E-state index contributed by atoms with van der Waals surface area (Å²) in [5.41, 5.74) is -3.24. The van der Waals surface area contributed by atoms with E-state index in [2.05, 4.69) is 9.84 Å². The van der Waals surface area contributed by atoms with E-state index in [-0.39, 0.29) is 16.3 Å². The third-order valence-corrected chi connectivity index (χ3v) is 3.29. The van der Waals surface area contributed by atoms with Gasteiger partial charge >= 0.3 is 12.5 Å². The van der Waals surface area contributed by atoms with Gasteiger partial charge < -0.3 is 5.11 Å². The average Bonchev–Trinajstić information content (AvgIpc) is 2.72. The van der Waals surface area contributed by atoms with E-state index in [1.54, 1.807) is 13.0 Å². The van der Waals surface area contributed by atoms with Gasteiger partial charge in [0, 0.05) is 17.7 Å². The van der Waals surface area contributed by atoms with Crippen molar-refractivity contribution in [3.8, 4) is 0 Å². The molecule has 1 amide bonds.